The van der Waals surface area contributed by atoms with Gasteiger partial charge in [-0.3, -0.25) is 19.5 Å². The molecule has 114 valence electrons. The summed E-state index contributed by atoms with van der Waals surface area (Å²) in [6, 6.07) is 6.16. The number of rotatable bonds is 3. The zero-order valence-electron chi connectivity index (χ0n) is 12.1. The van der Waals surface area contributed by atoms with Crippen molar-refractivity contribution in [3.63, 3.8) is 0 Å². The molecule has 2 heterocycles. The molecule has 0 N–H and O–H groups in total. The van der Waals surface area contributed by atoms with Gasteiger partial charge in [-0.1, -0.05) is 18.1 Å². The van der Waals surface area contributed by atoms with Gasteiger partial charge in [0.15, 0.2) is 5.65 Å². The molecule has 0 radical (unpaired) electrons. The second-order valence-corrected chi connectivity index (χ2v) is 4.64. The van der Waals surface area contributed by atoms with E-state index in [9.17, 15) is 14.9 Å². The first-order valence-corrected chi connectivity index (χ1v) is 6.70. The minimum atomic E-state index is -0.499. The highest BCUT2D eigenvalue weighted by Gasteiger charge is 2.18. The van der Waals surface area contributed by atoms with Crippen molar-refractivity contribution in [1.29, 1.82) is 0 Å². The molecule has 0 aliphatic carbocycles. The Balaban J connectivity index is 2.22. The summed E-state index contributed by atoms with van der Waals surface area (Å²) in [6.07, 6.45) is 2.72. The van der Waals surface area contributed by atoms with E-state index >= 15 is 0 Å². The number of para-hydroxylation sites is 2. The number of benzene rings is 1. The monoisotopic (exact) mass is 309 g/mol. The van der Waals surface area contributed by atoms with Crippen molar-refractivity contribution in [2.24, 2.45) is 0 Å². The second kappa shape index (κ2) is 5.73. The molecule has 0 unspecified atom stereocenters. The van der Waals surface area contributed by atoms with Crippen LogP contribution in [0.2, 0.25) is 0 Å². The maximum atomic E-state index is 12.4. The summed E-state index contributed by atoms with van der Waals surface area (Å²) in [7, 11) is 0. The van der Waals surface area contributed by atoms with Crippen LogP contribution in [0.15, 0.2) is 41.6 Å². The molecule has 8 heteroatoms. The SMILES string of the molecule is CC#CCn1cnc2c(cnn2-c2ccccc2[N+](=O)[O-])c1=O. The minimum absolute atomic E-state index is 0.111. The third-order valence-electron chi connectivity index (χ3n) is 3.29. The number of nitrogens with zero attached hydrogens (tertiary/aromatic N) is 5. The fourth-order valence-electron chi connectivity index (χ4n) is 2.20. The van der Waals surface area contributed by atoms with E-state index < -0.39 is 4.92 Å². The quantitative estimate of drug-likeness (QED) is 0.415. The first-order chi connectivity index (χ1) is 11.1. The van der Waals surface area contributed by atoms with Gasteiger partial charge < -0.3 is 0 Å². The van der Waals surface area contributed by atoms with E-state index in [0.29, 0.717) is 0 Å². The van der Waals surface area contributed by atoms with Crippen molar-refractivity contribution in [3.05, 3.63) is 57.3 Å². The maximum Gasteiger partial charge on any atom is 0.294 e. The van der Waals surface area contributed by atoms with Gasteiger partial charge in [0, 0.05) is 6.07 Å². The number of nitro groups is 1. The van der Waals surface area contributed by atoms with Crippen molar-refractivity contribution < 1.29 is 4.92 Å². The summed E-state index contributed by atoms with van der Waals surface area (Å²) in [6.45, 7) is 1.92. The Kier molecular flexibility index (Phi) is 3.60. The Morgan fingerprint density at radius 1 is 1.35 bits per heavy atom. The predicted molar refractivity (Wildman–Crippen MR) is 83.2 cm³/mol. The van der Waals surface area contributed by atoms with Crippen LogP contribution in [0.5, 0.6) is 0 Å². The molecule has 23 heavy (non-hydrogen) atoms. The van der Waals surface area contributed by atoms with Gasteiger partial charge in [-0.15, -0.1) is 5.92 Å². The average molecular weight is 309 g/mol. The van der Waals surface area contributed by atoms with Gasteiger partial charge in [0.25, 0.3) is 11.2 Å². The summed E-state index contributed by atoms with van der Waals surface area (Å²) in [5.74, 6) is 5.50. The summed E-state index contributed by atoms with van der Waals surface area (Å²) in [5.41, 5.74) is 0.124. The van der Waals surface area contributed by atoms with Crippen LogP contribution in [-0.4, -0.2) is 24.3 Å². The van der Waals surface area contributed by atoms with Gasteiger partial charge in [0.1, 0.15) is 17.4 Å². The van der Waals surface area contributed by atoms with E-state index in [4.69, 9.17) is 0 Å². The van der Waals surface area contributed by atoms with Crippen molar-refractivity contribution in [1.82, 2.24) is 19.3 Å². The number of fused-ring (bicyclic) bond motifs is 1. The third kappa shape index (κ3) is 2.44. The van der Waals surface area contributed by atoms with E-state index in [0.717, 1.165) is 0 Å². The summed E-state index contributed by atoms with van der Waals surface area (Å²) in [5, 5.41) is 15.5. The van der Waals surface area contributed by atoms with Gasteiger partial charge in [0.05, 0.1) is 17.7 Å². The molecular weight excluding hydrogens is 298 g/mol. The van der Waals surface area contributed by atoms with Crippen LogP contribution >= 0.6 is 0 Å². The predicted octanol–water partition coefficient (Wildman–Crippen LogP) is 1.51. The van der Waals surface area contributed by atoms with Crippen LogP contribution in [0, 0.1) is 22.0 Å². The summed E-state index contributed by atoms with van der Waals surface area (Å²) >= 11 is 0. The van der Waals surface area contributed by atoms with Crippen LogP contribution in [0.3, 0.4) is 0 Å². The highest BCUT2D eigenvalue weighted by atomic mass is 16.6. The van der Waals surface area contributed by atoms with Crippen molar-refractivity contribution in [2.45, 2.75) is 13.5 Å². The molecule has 1 aromatic carbocycles. The van der Waals surface area contributed by atoms with Crippen LogP contribution < -0.4 is 5.56 Å². The summed E-state index contributed by atoms with van der Waals surface area (Å²) < 4.78 is 2.66. The maximum absolute atomic E-state index is 12.4. The van der Waals surface area contributed by atoms with Crippen molar-refractivity contribution >= 4 is 16.7 Å². The van der Waals surface area contributed by atoms with Gasteiger partial charge in [-0.2, -0.15) is 5.10 Å². The molecular formula is C15H11N5O3. The largest absolute Gasteiger partial charge is 0.294 e. The normalized spacial score (nSPS) is 10.3. The minimum Gasteiger partial charge on any atom is -0.287 e. The Morgan fingerprint density at radius 3 is 2.87 bits per heavy atom. The molecule has 2 aromatic heterocycles. The Labute approximate surface area is 130 Å². The molecule has 0 aliphatic heterocycles. The lowest BCUT2D eigenvalue weighted by molar-refractivity contribution is -0.384. The third-order valence-corrected chi connectivity index (χ3v) is 3.29. The fraction of sp³-hybridized carbons (Fsp3) is 0.133. The second-order valence-electron chi connectivity index (χ2n) is 4.64. The molecule has 0 amide bonds. The van der Waals surface area contributed by atoms with E-state index in [1.807, 2.05) is 0 Å². The lowest BCUT2D eigenvalue weighted by Gasteiger charge is -2.04. The van der Waals surface area contributed by atoms with Crippen LogP contribution in [0.4, 0.5) is 5.69 Å². The lowest BCUT2D eigenvalue weighted by Crippen LogP contribution is -2.20. The molecule has 0 atom stereocenters. The van der Waals surface area contributed by atoms with E-state index in [-0.39, 0.29) is 34.5 Å². The molecule has 8 nitrogen and oxygen atoms in total. The molecule has 0 saturated heterocycles. The van der Waals surface area contributed by atoms with Gasteiger partial charge >= 0.3 is 0 Å². The Morgan fingerprint density at radius 2 is 2.13 bits per heavy atom. The summed E-state index contributed by atoms with van der Waals surface area (Å²) in [4.78, 5) is 27.2. The van der Waals surface area contributed by atoms with Gasteiger partial charge in [0.2, 0.25) is 0 Å². The number of nitro benzene ring substituents is 1. The van der Waals surface area contributed by atoms with Gasteiger partial charge in [-0.25, -0.2) is 9.67 Å². The fourth-order valence-corrected chi connectivity index (χ4v) is 2.20. The Hall–Kier alpha value is -3.47. The zero-order chi connectivity index (χ0) is 16.4. The average Bonchev–Trinajstić information content (AvgIpc) is 2.99. The molecule has 0 bridgehead atoms. The standard InChI is InChI=1S/C15H11N5O3/c1-2-3-8-18-10-16-14-11(15(18)21)9-17-19(14)12-6-4-5-7-13(12)20(22)23/h4-7,9-10H,8H2,1H3. The van der Waals surface area contributed by atoms with Crippen LogP contribution in [0.25, 0.3) is 16.7 Å². The van der Waals surface area contributed by atoms with Crippen LogP contribution in [-0.2, 0) is 6.54 Å². The lowest BCUT2D eigenvalue weighted by atomic mass is 10.2. The molecule has 0 aliphatic rings. The highest BCUT2D eigenvalue weighted by Crippen LogP contribution is 2.23. The molecule has 3 rings (SSSR count). The molecule has 0 spiro atoms. The Bertz CT molecular complexity index is 1020. The number of aromatic nitrogens is 4. The van der Waals surface area contributed by atoms with Gasteiger partial charge in [-0.05, 0) is 13.0 Å². The first kappa shape index (κ1) is 14.5. The molecule has 3 aromatic rings. The number of hydrogen-bond donors (Lipinski definition) is 0. The molecule has 0 saturated carbocycles. The van der Waals surface area contributed by atoms with Crippen molar-refractivity contribution in [2.75, 3.05) is 0 Å². The topological polar surface area (TPSA) is 95.8 Å². The van der Waals surface area contributed by atoms with E-state index in [1.54, 1.807) is 25.1 Å². The van der Waals surface area contributed by atoms with E-state index in [2.05, 4.69) is 21.9 Å². The smallest absolute Gasteiger partial charge is 0.287 e. The van der Waals surface area contributed by atoms with E-state index in [1.165, 1.54) is 27.8 Å². The van der Waals surface area contributed by atoms with Crippen molar-refractivity contribution in [3.8, 4) is 17.5 Å². The zero-order valence-corrected chi connectivity index (χ0v) is 12.1. The first-order valence-electron chi connectivity index (χ1n) is 6.70. The van der Waals surface area contributed by atoms with Crippen LogP contribution in [0.1, 0.15) is 6.92 Å². The highest BCUT2D eigenvalue weighted by molar-refractivity contribution is 5.76. The number of hydrogen-bond acceptors (Lipinski definition) is 5. The molecule has 0 fully saturated rings.